The Morgan fingerprint density at radius 2 is 1.97 bits per heavy atom. The summed E-state index contributed by atoms with van der Waals surface area (Å²) >= 11 is 1.67. The number of thioether (sulfide) groups is 1. The van der Waals surface area contributed by atoms with Crippen molar-refractivity contribution in [1.82, 2.24) is 9.80 Å². The van der Waals surface area contributed by atoms with Gasteiger partial charge in [-0.1, -0.05) is 31.4 Å². The summed E-state index contributed by atoms with van der Waals surface area (Å²) in [4.78, 5) is 44.8. The predicted octanol–water partition coefficient (Wildman–Crippen LogP) is 2.93. The number of rotatable bonds is 11. The van der Waals surface area contributed by atoms with Crippen LogP contribution in [0, 0.1) is 11.8 Å². The highest BCUT2D eigenvalue weighted by Crippen LogP contribution is 2.66. The zero-order chi connectivity index (χ0) is 24.3. The Kier molecular flexibility index (Phi) is 8.08. The minimum Gasteiger partial charge on any atom is -0.465 e. The lowest BCUT2D eigenvalue weighted by molar-refractivity contribution is -0.154. The zero-order valence-corrected chi connectivity index (χ0v) is 20.8. The Labute approximate surface area is 206 Å². The molecule has 1 spiro atoms. The summed E-state index contributed by atoms with van der Waals surface area (Å²) in [5, 5.41) is 9.50. The van der Waals surface area contributed by atoms with Crippen LogP contribution in [0.2, 0.25) is 0 Å². The molecule has 0 aromatic rings. The van der Waals surface area contributed by atoms with Gasteiger partial charge in [-0.05, 0) is 38.5 Å². The lowest BCUT2D eigenvalue weighted by Gasteiger charge is -2.41. The third-order valence-corrected chi connectivity index (χ3v) is 10.0. The van der Waals surface area contributed by atoms with Crippen molar-refractivity contribution in [2.45, 2.75) is 79.9 Å². The Balaban J connectivity index is 1.66. The smallest absolute Gasteiger partial charge is 0.310 e. The van der Waals surface area contributed by atoms with E-state index >= 15 is 0 Å². The number of hydrogen-bond donors (Lipinski definition) is 1. The lowest BCUT2D eigenvalue weighted by atomic mass is 9.71. The fraction of sp³-hybridized carbons (Fsp3) is 0.731. The van der Waals surface area contributed by atoms with Crippen LogP contribution in [0.4, 0.5) is 0 Å². The normalized spacial score (nSPS) is 32.5. The number of carbonyl (C=O) groups is 3. The number of esters is 1. The van der Waals surface area contributed by atoms with Gasteiger partial charge in [0.15, 0.2) is 0 Å². The average Bonchev–Trinajstić information content (AvgIpc) is 3.49. The largest absolute Gasteiger partial charge is 0.465 e. The standard InChI is InChI=1S/C26H38N2O5S/c1-3-5-17-33-25(32)20-19-12-13-26(34-19)21(20)23(30)28(15-9-16-29)22(26)24(31)27(14-4-2)18-10-7-6-8-11-18/h3-4,18-22,29H,1-2,5-17H2/t19-,20+,21-,22?,26?/m0/s1. The molecule has 0 aromatic carbocycles. The second-order valence-electron chi connectivity index (χ2n) is 9.98. The molecule has 7 nitrogen and oxygen atoms in total. The quantitative estimate of drug-likeness (QED) is 0.272. The maximum atomic E-state index is 14.2. The number of ether oxygens (including phenoxy) is 1. The monoisotopic (exact) mass is 490 g/mol. The first-order chi connectivity index (χ1) is 16.5. The molecule has 4 rings (SSSR count). The van der Waals surface area contributed by atoms with Crippen LogP contribution >= 0.6 is 11.8 Å². The summed E-state index contributed by atoms with van der Waals surface area (Å²) in [7, 11) is 0. The van der Waals surface area contributed by atoms with Crippen molar-refractivity contribution in [3.63, 3.8) is 0 Å². The van der Waals surface area contributed by atoms with E-state index in [9.17, 15) is 19.5 Å². The van der Waals surface area contributed by atoms with Crippen molar-refractivity contribution in [3.05, 3.63) is 25.3 Å². The summed E-state index contributed by atoms with van der Waals surface area (Å²) in [6, 6.07) is -0.452. The third kappa shape index (κ3) is 4.32. The minimum atomic E-state index is -0.612. The van der Waals surface area contributed by atoms with E-state index in [0.717, 1.165) is 38.5 Å². The molecule has 8 heteroatoms. The van der Waals surface area contributed by atoms with Gasteiger partial charge in [0.2, 0.25) is 11.8 Å². The van der Waals surface area contributed by atoms with Crippen molar-refractivity contribution in [2.75, 3.05) is 26.3 Å². The van der Waals surface area contributed by atoms with E-state index in [-0.39, 0.29) is 42.3 Å². The molecule has 3 heterocycles. The molecule has 34 heavy (non-hydrogen) atoms. The van der Waals surface area contributed by atoms with E-state index in [1.807, 2.05) is 4.90 Å². The van der Waals surface area contributed by atoms with Crippen molar-refractivity contribution in [2.24, 2.45) is 11.8 Å². The lowest BCUT2D eigenvalue weighted by Crippen LogP contribution is -2.57. The van der Waals surface area contributed by atoms with E-state index in [1.165, 1.54) is 6.42 Å². The molecule has 1 aliphatic carbocycles. The molecule has 2 unspecified atom stereocenters. The van der Waals surface area contributed by atoms with Gasteiger partial charge >= 0.3 is 5.97 Å². The Morgan fingerprint density at radius 3 is 2.65 bits per heavy atom. The fourth-order valence-corrected chi connectivity index (χ4v) is 8.83. The van der Waals surface area contributed by atoms with Crippen molar-refractivity contribution in [3.8, 4) is 0 Å². The second kappa shape index (κ2) is 10.9. The molecule has 188 valence electrons. The predicted molar refractivity (Wildman–Crippen MR) is 132 cm³/mol. The summed E-state index contributed by atoms with van der Waals surface area (Å²) in [6.45, 7) is 8.55. The molecule has 5 atom stereocenters. The minimum absolute atomic E-state index is 0.00278. The van der Waals surface area contributed by atoms with Gasteiger partial charge in [-0.15, -0.1) is 24.9 Å². The Hall–Kier alpha value is -1.80. The van der Waals surface area contributed by atoms with Crippen LogP contribution in [0.15, 0.2) is 25.3 Å². The topological polar surface area (TPSA) is 87.2 Å². The maximum Gasteiger partial charge on any atom is 0.310 e. The Bertz CT molecular complexity index is 813. The second-order valence-corrected chi connectivity index (χ2v) is 11.6. The van der Waals surface area contributed by atoms with Gasteiger partial charge in [-0.25, -0.2) is 0 Å². The average molecular weight is 491 g/mol. The van der Waals surface area contributed by atoms with E-state index in [4.69, 9.17) is 4.74 Å². The zero-order valence-electron chi connectivity index (χ0n) is 20.0. The van der Waals surface area contributed by atoms with Crippen LogP contribution in [-0.4, -0.2) is 81.1 Å². The summed E-state index contributed by atoms with van der Waals surface area (Å²) in [5.41, 5.74) is 0. The van der Waals surface area contributed by atoms with Gasteiger partial charge in [-0.3, -0.25) is 14.4 Å². The molecule has 2 bridgehead atoms. The molecule has 0 aromatic heterocycles. The summed E-state index contributed by atoms with van der Waals surface area (Å²) in [6.07, 6.45) is 11.4. The van der Waals surface area contributed by atoms with Crippen LogP contribution < -0.4 is 0 Å². The number of nitrogens with zero attached hydrogens (tertiary/aromatic N) is 2. The fourth-order valence-electron chi connectivity index (χ4n) is 6.63. The first-order valence-corrected chi connectivity index (χ1v) is 13.7. The van der Waals surface area contributed by atoms with Crippen LogP contribution in [0.5, 0.6) is 0 Å². The molecule has 1 saturated carbocycles. The molecule has 4 aliphatic rings. The molecule has 1 N–H and O–H groups in total. The molecule has 4 fully saturated rings. The van der Waals surface area contributed by atoms with Crippen LogP contribution in [-0.2, 0) is 19.1 Å². The molecular formula is C26H38N2O5S. The van der Waals surface area contributed by atoms with Gasteiger partial charge in [0.05, 0.1) is 23.2 Å². The third-order valence-electron chi connectivity index (χ3n) is 8.05. The number of aliphatic hydroxyl groups is 1. The SMILES string of the molecule is C=CCCOC(=O)[C@@H]1[C@@H]2CCC3(S2)C(C(=O)N(CC=C)C2CCCCC2)N(CCCO)C(=O)[C@H]13. The van der Waals surface area contributed by atoms with Gasteiger partial charge in [0.1, 0.15) is 6.04 Å². The van der Waals surface area contributed by atoms with Crippen molar-refractivity contribution >= 4 is 29.5 Å². The van der Waals surface area contributed by atoms with Gasteiger partial charge in [0.25, 0.3) is 0 Å². The molecule has 3 saturated heterocycles. The van der Waals surface area contributed by atoms with Gasteiger partial charge < -0.3 is 19.6 Å². The molecule has 3 aliphatic heterocycles. The molecule has 2 amide bonds. The van der Waals surface area contributed by atoms with Crippen LogP contribution in [0.25, 0.3) is 0 Å². The van der Waals surface area contributed by atoms with Gasteiger partial charge in [0, 0.05) is 31.0 Å². The summed E-state index contributed by atoms with van der Waals surface area (Å²) < 4.78 is 4.92. The highest BCUT2D eigenvalue weighted by atomic mass is 32.2. The van der Waals surface area contributed by atoms with E-state index in [2.05, 4.69) is 13.2 Å². The van der Waals surface area contributed by atoms with E-state index in [0.29, 0.717) is 25.9 Å². The first-order valence-electron chi connectivity index (χ1n) is 12.8. The number of fused-ring (bicyclic) bond motifs is 1. The number of likely N-dealkylation sites (tertiary alicyclic amines) is 1. The van der Waals surface area contributed by atoms with Crippen LogP contribution in [0.3, 0.4) is 0 Å². The van der Waals surface area contributed by atoms with E-state index < -0.39 is 22.6 Å². The highest BCUT2D eigenvalue weighted by Gasteiger charge is 2.74. The maximum absolute atomic E-state index is 14.2. The summed E-state index contributed by atoms with van der Waals surface area (Å²) in [5.74, 6) is -1.54. The van der Waals surface area contributed by atoms with Crippen molar-refractivity contribution in [1.29, 1.82) is 0 Å². The Morgan fingerprint density at radius 1 is 1.21 bits per heavy atom. The number of carbonyl (C=O) groups excluding carboxylic acids is 3. The van der Waals surface area contributed by atoms with Gasteiger partial charge in [-0.2, -0.15) is 0 Å². The molecular weight excluding hydrogens is 452 g/mol. The molecule has 0 radical (unpaired) electrons. The van der Waals surface area contributed by atoms with E-state index in [1.54, 1.807) is 28.8 Å². The number of hydrogen-bond acceptors (Lipinski definition) is 6. The van der Waals surface area contributed by atoms with Crippen LogP contribution in [0.1, 0.15) is 57.8 Å². The highest BCUT2D eigenvalue weighted by molar-refractivity contribution is 8.02. The first kappa shape index (κ1) is 25.3. The number of aliphatic hydroxyl groups excluding tert-OH is 1. The number of amides is 2. The van der Waals surface area contributed by atoms with Crippen molar-refractivity contribution < 1.29 is 24.2 Å².